The zero-order valence-electron chi connectivity index (χ0n) is 20.2. The quantitative estimate of drug-likeness (QED) is 0.278. The van der Waals surface area contributed by atoms with Gasteiger partial charge in [0.05, 0.1) is 17.9 Å². The van der Waals surface area contributed by atoms with Crippen molar-refractivity contribution in [3.05, 3.63) is 78.4 Å². The summed E-state index contributed by atoms with van der Waals surface area (Å²) in [6, 6.07) is 23.2. The number of hydrogen-bond acceptors (Lipinski definition) is 8. The van der Waals surface area contributed by atoms with Gasteiger partial charge in [-0.15, -0.1) is 0 Å². The van der Waals surface area contributed by atoms with Crippen LogP contribution in [0, 0.1) is 0 Å². The Labute approximate surface area is 211 Å². The molecule has 0 radical (unpaired) electrons. The van der Waals surface area contributed by atoms with Gasteiger partial charge in [0.1, 0.15) is 33.8 Å². The number of nitrogen functional groups attached to an aromatic ring is 1. The third-order valence-electron chi connectivity index (χ3n) is 5.47. The highest BCUT2D eigenvalue weighted by atomic mass is 32.2. The molecule has 0 atom stereocenters. The molecule has 0 aliphatic heterocycles. The lowest BCUT2D eigenvalue weighted by molar-refractivity contribution is 0.306. The van der Waals surface area contributed by atoms with Crippen molar-refractivity contribution in [1.29, 1.82) is 0 Å². The molecule has 0 bridgehead atoms. The van der Waals surface area contributed by atoms with E-state index in [2.05, 4.69) is 15.3 Å². The van der Waals surface area contributed by atoms with E-state index < -0.39 is 9.84 Å². The molecule has 9 heteroatoms. The summed E-state index contributed by atoms with van der Waals surface area (Å²) >= 11 is 0. The summed E-state index contributed by atoms with van der Waals surface area (Å²) in [5, 5.41) is 3.83. The summed E-state index contributed by atoms with van der Waals surface area (Å²) < 4.78 is 33.9. The zero-order chi connectivity index (χ0) is 25.4. The van der Waals surface area contributed by atoms with Crippen LogP contribution in [0.4, 0.5) is 5.82 Å². The SMILES string of the molecule is CS(=O)(=O)CCNCCCOc1ccc2nc(-c3ccc(OCc4ccccc4)cc3)nc(N)c2c1. The van der Waals surface area contributed by atoms with Crippen LogP contribution in [0.15, 0.2) is 72.8 Å². The predicted molar refractivity (Wildman–Crippen MR) is 143 cm³/mol. The van der Waals surface area contributed by atoms with Crippen molar-refractivity contribution in [3.8, 4) is 22.9 Å². The molecule has 0 spiro atoms. The molecule has 3 N–H and O–H groups in total. The molecule has 4 aromatic rings. The number of benzene rings is 3. The second kappa shape index (κ2) is 11.8. The number of ether oxygens (including phenoxy) is 2. The number of anilines is 1. The molecule has 0 saturated carbocycles. The Bertz CT molecular complexity index is 1390. The minimum Gasteiger partial charge on any atom is -0.494 e. The standard InChI is InChI=1S/C27H30N4O4S/c1-36(32,33)17-15-29-14-5-16-34-23-12-13-25-24(18-23)26(28)31-27(30-25)21-8-10-22(11-9-21)35-19-20-6-3-2-4-7-20/h2-4,6-13,18,29H,5,14-17,19H2,1H3,(H2,28,30,31). The average Bonchev–Trinajstić information content (AvgIpc) is 2.87. The average molecular weight is 507 g/mol. The molecular weight excluding hydrogens is 476 g/mol. The van der Waals surface area contributed by atoms with Gasteiger partial charge in [-0.25, -0.2) is 18.4 Å². The lowest BCUT2D eigenvalue weighted by Crippen LogP contribution is -2.24. The van der Waals surface area contributed by atoms with Crippen molar-refractivity contribution in [2.24, 2.45) is 0 Å². The van der Waals surface area contributed by atoms with Gasteiger partial charge in [0.2, 0.25) is 0 Å². The van der Waals surface area contributed by atoms with Gasteiger partial charge in [-0.1, -0.05) is 30.3 Å². The number of nitrogens with zero attached hydrogens (tertiary/aromatic N) is 2. The minimum atomic E-state index is -2.94. The van der Waals surface area contributed by atoms with Crippen LogP contribution in [-0.4, -0.2) is 50.1 Å². The first-order valence-corrected chi connectivity index (χ1v) is 13.8. The van der Waals surface area contributed by atoms with Crippen LogP contribution in [0.1, 0.15) is 12.0 Å². The van der Waals surface area contributed by atoms with Gasteiger partial charge in [-0.3, -0.25) is 0 Å². The van der Waals surface area contributed by atoms with Gasteiger partial charge < -0.3 is 20.5 Å². The van der Waals surface area contributed by atoms with E-state index in [0.717, 1.165) is 34.2 Å². The highest BCUT2D eigenvalue weighted by Gasteiger charge is 2.09. The molecule has 1 heterocycles. The van der Waals surface area contributed by atoms with Gasteiger partial charge in [-0.05, 0) is 61.0 Å². The Morgan fingerprint density at radius 2 is 1.64 bits per heavy atom. The van der Waals surface area contributed by atoms with Crippen molar-refractivity contribution in [3.63, 3.8) is 0 Å². The Morgan fingerprint density at radius 3 is 2.39 bits per heavy atom. The van der Waals surface area contributed by atoms with Crippen molar-refractivity contribution < 1.29 is 17.9 Å². The highest BCUT2D eigenvalue weighted by molar-refractivity contribution is 7.90. The summed E-state index contributed by atoms with van der Waals surface area (Å²) in [7, 11) is -2.94. The molecule has 0 amide bonds. The molecule has 188 valence electrons. The Hall–Kier alpha value is -3.69. The van der Waals surface area contributed by atoms with Gasteiger partial charge in [0.15, 0.2) is 5.82 Å². The number of aromatic nitrogens is 2. The summed E-state index contributed by atoms with van der Waals surface area (Å²) in [6.07, 6.45) is 1.98. The van der Waals surface area contributed by atoms with E-state index in [1.54, 1.807) is 0 Å². The fraction of sp³-hybridized carbons (Fsp3) is 0.259. The van der Waals surface area contributed by atoms with E-state index in [4.69, 9.17) is 15.2 Å². The molecule has 0 fully saturated rings. The summed E-state index contributed by atoms with van der Waals surface area (Å²) in [5.41, 5.74) is 8.95. The van der Waals surface area contributed by atoms with Crippen molar-refractivity contribution in [2.75, 3.05) is 37.4 Å². The van der Waals surface area contributed by atoms with E-state index in [1.807, 2.05) is 72.8 Å². The number of rotatable bonds is 12. The third kappa shape index (κ3) is 7.40. The number of sulfone groups is 1. The first-order chi connectivity index (χ1) is 17.4. The maximum absolute atomic E-state index is 11.1. The topological polar surface area (TPSA) is 116 Å². The van der Waals surface area contributed by atoms with Crippen LogP contribution < -0.4 is 20.5 Å². The molecule has 0 aliphatic rings. The van der Waals surface area contributed by atoms with E-state index in [-0.39, 0.29) is 5.75 Å². The largest absolute Gasteiger partial charge is 0.494 e. The second-order valence-corrected chi connectivity index (χ2v) is 10.8. The minimum absolute atomic E-state index is 0.131. The van der Waals surface area contributed by atoms with E-state index >= 15 is 0 Å². The van der Waals surface area contributed by atoms with Gasteiger partial charge in [0.25, 0.3) is 0 Å². The zero-order valence-corrected chi connectivity index (χ0v) is 21.0. The van der Waals surface area contributed by atoms with Crippen molar-refractivity contribution >= 4 is 26.6 Å². The first kappa shape index (κ1) is 25.4. The molecule has 0 saturated heterocycles. The maximum atomic E-state index is 11.1. The fourth-order valence-corrected chi connectivity index (χ4v) is 4.08. The highest BCUT2D eigenvalue weighted by Crippen LogP contribution is 2.27. The molecule has 36 heavy (non-hydrogen) atoms. The first-order valence-electron chi connectivity index (χ1n) is 11.7. The molecule has 0 unspecified atom stereocenters. The smallest absolute Gasteiger partial charge is 0.162 e. The molecule has 3 aromatic carbocycles. The Morgan fingerprint density at radius 1 is 0.889 bits per heavy atom. The van der Waals surface area contributed by atoms with Gasteiger partial charge in [-0.2, -0.15) is 0 Å². The molecule has 4 rings (SSSR count). The van der Waals surface area contributed by atoms with Crippen LogP contribution in [0.3, 0.4) is 0 Å². The predicted octanol–water partition coefficient (Wildman–Crippen LogP) is 3.86. The maximum Gasteiger partial charge on any atom is 0.162 e. The third-order valence-corrected chi connectivity index (χ3v) is 6.42. The van der Waals surface area contributed by atoms with E-state index in [0.29, 0.717) is 43.7 Å². The van der Waals surface area contributed by atoms with Crippen LogP contribution in [0.5, 0.6) is 11.5 Å². The van der Waals surface area contributed by atoms with Crippen LogP contribution in [0.2, 0.25) is 0 Å². The normalized spacial score (nSPS) is 11.5. The monoisotopic (exact) mass is 506 g/mol. The molecule has 0 aliphatic carbocycles. The number of nitrogens with two attached hydrogens (primary N) is 1. The lowest BCUT2D eigenvalue weighted by atomic mass is 10.1. The summed E-state index contributed by atoms with van der Waals surface area (Å²) in [6.45, 7) is 2.11. The summed E-state index contributed by atoms with van der Waals surface area (Å²) in [5.74, 6) is 2.51. The number of hydrogen-bond donors (Lipinski definition) is 2. The Kier molecular flexibility index (Phi) is 8.35. The van der Waals surface area contributed by atoms with Crippen LogP contribution in [0.25, 0.3) is 22.3 Å². The summed E-state index contributed by atoms with van der Waals surface area (Å²) in [4.78, 5) is 9.17. The lowest BCUT2D eigenvalue weighted by Gasteiger charge is -2.10. The van der Waals surface area contributed by atoms with Gasteiger partial charge in [0, 0.05) is 23.8 Å². The van der Waals surface area contributed by atoms with E-state index in [1.165, 1.54) is 6.26 Å². The molecule has 8 nitrogen and oxygen atoms in total. The van der Waals surface area contributed by atoms with E-state index in [9.17, 15) is 8.42 Å². The van der Waals surface area contributed by atoms with Crippen molar-refractivity contribution in [2.45, 2.75) is 13.0 Å². The number of nitrogens with one attached hydrogen (secondary N) is 1. The second-order valence-electron chi connectivity index (χ2n) is 8.49. The molecule has 1 aromatic heterocycles. The fourth-order valence-electron chi connectivity index (χ4n) is 3.56. The van der Waals surface area contributed by atoms with Gasteiger partial charge >= 0.3 is 0 Å². The Balaban J connectivity index is 1.33. The van der Waals surface area contributed by atoms with Crippen LogP contribution in [-0.2, 0) is 16.4 Å². The van der Waals surface area contributed by atoms with Crippen molar-refractivity contribution in [1.82, 2.24) is 15.3 Å². The van der Waals surface area contributed by atoms with Crippen LogP contribution >= 0.6 is 0 Å². The molecular formula is C27H30N4O4S. The number of fused-ring (bicyclic) bond motifs is 1.